The van der Waals surface area contributed by atoms with E-state index >= 15 is 0 Å². The fraction of sp³-hybridized carbons (Fsp3) is 0.952. The Morgan fingerprint density at radius 1 is 0.500 bits per heavy atom. The molecule has 0 saturated heterocycles. The summed E-state index contributed by atoms with van der Waals surface area (Å²) in [7, 11) is -0.889. The molecule has 0 heterocycles. The third-order valence-electron chi connectivity index (χ3n) is 4.56. The standard InChI is InChI=1S/C21H45Si/c1-5-6-7-8-9-10-11-12-13-14-15-16-17-18-19-20-21-22(2,3)4/h21H,5-20H2,1-4H3. The normalized spacial score (nSPS) is 12.0. The summed E-state index contributed by atoms with van der Waals surface area (Å²) in [5, 5.41) is 0. The second kappa shape index (κ2) is 16.1. The zero-order valence-corrected chi connectivity index (χ0v) is 17.4. The van der Waals surface area contributed by atoms with Crippen molar-refractivity contribution in [2.24, 2.45) is 0 Å². The van der Waals surface area contributed by atoms with Gasteiger partial charge < -0.3 is 0 Å². The van der Waals surface area contributed by atoms with E-state index in [4.69, 9.17) is 0 Å². The number of rotatable bonds is 17. The predicted molar refractivity (Wildman–Crippen MR) is 107 cm³/mol. The van der Waals surface area contributed by atoms with Crippen LogP contribution in [0.4, 0.5) is 0 Å². The SMILES string of the molecule is CCCCCCCCCCCCCCCCC[CH][Si](C)(C)C. The Morgan fingerprint density at radius 3 is 1.14 bits per heavy atom. The number of unbranched alkanes of at least 4 members (excludes halogenated alkanes) is 15. The van der Waals surface area contributed by atoms with Gasteiger partial charge in [-0.15, -0.1) is 0 Å². The fourth-order valence-electron chi connectivity index (χ4n) is 3.05. The van der Waals surface area contributed by atoms with Crippen LogP contribution in [0.1, 0.15) is 110 Å². The van der Waals surface area contributed by atoms with Crippen LogP contribution in [-0.2, 0) is 0 Å². The highest BCUT2D eigenvalue weighted by molar-refractivity contribution is 6.79. The molecule has 0 spiro atoms. The van der Waals surface area contributed by atoms with Crippen LogP contribution in [0, 0.1) is 6.04 Å². The molecule has 133 valence electrons. The van der Waals surface area contributed by atoms with E-state index in [2.05, 4.69) is 32.6 Å². The summed E-state index contributed by atoms with van der Waals surface area (Å²) in [6, 6.07) is 2.62. The average molecular weight is 326 g/mol. The largest absolute Gasteiger partial charge is 0.0693 e. The zero-order chi connectivity index (χ0) is 16.5. The minimum atomic E-state index is -0.889. The molecule has 0 aromatic heterocycles. The number of hydrogen-bond acceptors (Lipinski definition) is 0. The van der Waals surface area contributed by atoms with E-state index in [-0.39, 0.29) is 0 Å². The average Bonchev–Trinajstić information content (AvgIpc) is 2.45. The second-order valence-corrected chi connectivity index (χ2v) is 13.4. The summed E-state index contributed by atoms with van der Waals surface area (Å²) < 4.78 is 0. The van der Waals surface area contributed by atoms with Gasteiger partial charge in [-0.1, -0.05) is 129 Å². The van der Waals surface area contributed by atoms with Crippen molar-refractivity contribution in [3.8, 4) is 0 Å². The van der Waals surface area contributed by atoms with Crippen molar-refractivity contribution in [3.63, 3.8) is 0 Å². The molecule has 0 bridgehead atoms. The molecule has 22 heavy (non-hydrogen) atoms. The third-order valence-corrected chi connectivity index (χ3v) is 6.08. The Hall–Kier alpha value is 0.217. The zero-order valence-electron chi connectivity index (χ0n) is 16.4. The van der Waals surface area contributed by atoms with E-state index < -0.39 is 8.07 Å². The molecule has 1 radical (unpaired) electrons. The summed E-state index contributed by atoms with van der Waals surface area (Å²) >= 11 is 0. The molecular weight excluding hydrogens is 280 g/mol. The summed E-state index contributed by atoms with van der Waals surface area (Å²) in [5.41, 5.74) is 0. The molecule has 1 heteroatoms. The monoisotopic (exact) mass is 325 g/mol. The van der Waals surface area contributed by atoms with Gasteiger partial charge in [-0.3, -0.25) is 0 Å². The summed E-state index contributed by atoms with van der Waals surface area (Å²) in [6.45, 7) is 9.63. The molecule has 0 aliphatic rings. The molecule has 0 aliphatic carbocycles. The van der Waals surface area contributed by atoms with Crippen LogP contribution in [0.5, 0.6) is 0 Å². The van der Waals surface area contributed by atoms with Crippen LogP contribution in [0.25, 0.3) is 0 Å². The molecule has 0 fully saturated rings. The van der Waals surface area contributed by atoms with Crippen LogP contribution in [0.15, 0.2) is 0 Å². The first-order chi connectivity index (χ1) is 10.6. The van der Waals surface area contributed by atoms with E-state index in [1.54, 1.807) is 0 Å². The molecule has 0 nitrogen and oxygen atoms in total. The lowest BCUT2D eigenvalue weighted by Gasteiger charge is -2.14. The minimum absolute atomic E-state index is 0.889. The van der Waals surface area contributed by atoms with Crippen LogP contribution in [0.3, 0.4) is 0 Å². The Labute approximate surface area is 143 Å². The molecule has 0 atom stereocenters. The fourth-order valence-corrected chi connectivity index (χ4v) is 4.12. The topological polar surface area (TPSA) is 0 Å². The predicted octanol–water partition coefficient (Wildman–Crippen LogP) is 8.33. The first-order valence-corrected chi connectivity index (χ1v) is 14.0. The molecule has 0 saturated carbocycles. The van der Waals surface area contributed by atoms with E-state index in [1.807, 2.05) is 0 Å². The second-order valence-electron chi connectivity index (χ2n) is 8.31. The Kier molecular flexibility index (Phi) is 16.2. The van der Waals surface area contributed by atoms with Gasteiger partial charge in [0.2, 0.25) is 0 Å². The number of hydrogen-bond donors (Lipinski definition) is 0. The molecule has 0 aromatic rings. The third kappa shape index (κ3) is 20.2. The van der Waals surface area contributed by atoms with Crippen molar-refractivity contribution in [1.82, 2.24) is 0 Å². The lowest BCUT2D eigenvalue weighted by Crippen LogP contribution is -2.20. The van der Waals surface area contributed by atoms with Gasteiger partial charge in [0.15, 0.2) is 0 Å². The highest BCUT2D eigenvalue weighted by Gasteiger charge is 2.11. The quantitative estimate of drug-likeness (QED) is 0.186. The van der Waals surface area contributed by atoms with Gasteiger partial charge in [0.1, 0.15) is 0 Å². The van der Waals surface area contributed by atoms with E-state index in [9.17, 15) is 0 Å². The Bertz CT molecular complexity index is 204. The Balaban J connectivity index is 3.00. The van der Waals surface area contributed by atoms with Gasteiger partial charge in [0.05, 0.1) is 0 Å². The van der Waals surface area contributed by atoms with Crippen LogP contribution in [0.2, 0.25) is 19.6 Å². The summed E-state index contributed by atoms with van der Waals surface area (Å²) in [4.78, 5) is 0. The Morgan fingerprint density at radius 2 is 0.818 bits per heavy atom. The lowest BCUT2D eigenvalue weighted by molar-refractivity contribution is 0.532. The smallest absolute Gasteiger partial charge is 0.0473 e. The summed E-state index contributed by atoms with van der Waals surface area (Å²) in [6.07, 6.45) is 23.3. The van der Waals surface area contributed by atoms with Crippen molar-refractivity contribution in [3.05, 3.63) is 6.04 Å². The first kappa shape index (κ1) is 22.2. The van der Waals surface area contributed by atoms with Gasteiger partial charge in [0.25, 0.3) is 0 Å². The lowest BCUT2D eigenvalue weighted by atomic mass is 10.0. The van der Waals surface area contributed by atoms with Crippen molar-refractivity contribution in [2.75, 3.05) is 0 Å². The molecule has 0 rings (SSSR count). The van der Waals surface area contributed by atoms with Crippen LogP contribution in [-0.4, -0.2) is 8.07 Å². The maximum absolute atomic E-state index is 2.62. The summed E-state index contributed by atoms with van der Waals surface area (Å²) in [5.74, 6) is 0. The highest BCUT2D eigenvalue weighted by Crippen LogP contribution is 2.15. The first-order valence-electron chi connectivity index (χ1n) is 10.4. The van der Waals surface area contributed by atoms with Gasteiger partial charge in [-0.05, 0) is 6.04 Å². The van der Waals surface area contributed by atoms with Crippen molar-refractivity contribution >= 4 is 8.07 Å². The molecule has 0 unspecified atom stereocenters. The van der Waals surface area contributed by atoms with Gasteiger partial charge >= 0.3 is 0 Å². The molecular formula is C21H45Si. The minimum Gasteiger partial charge on any atom is -0.0693 e. The maximum Gasteiger partial charge on any atom is 0.0473 e. The molecule has 0 amide bonds. The van der Waals surface area contributed by atoms with Gasteiger partial charge in [0, 0.05) is 8.07 Å². The molecule has 0 aliphatic heterocycles. The van der Waals surface area contributed by atoms with Gasteiger partial charge in [-0.25, -0.2) is 0 Å². The van der Waals surface area contributed by atoms with Crippen molar-refractivity contribution < 1.29 is 0 Å². The van der Waals surface area contributed by atoms with Gasteiger partial charge in [-0.2, -0.15) is 0 Å². The van der Waals surface area contributed by atoms with E-state index in [0.717, 1.165) is 0 Å². The molecule has 0 aromatic carbocycles. The van der Waals surface area contributed by atoms with Crippen LogP contribution < -0.4 is 0 Å². The molecule has 0 N–H and O–H groups in total. The van der Waals surface area contributed by atoms with Crippen molar-refractivity contribution in [2.45, 2.75) is 129 Å². The maximum atomic E-state index is 2.62. The highest BCUT2D eigenvalue weighted by atomic mass is 28.3. The van der Waals surface area contributed by atoms with Crippen LogP contribution >= 0.6 is 0 Å². The van der Waals surface area contributed by atoms with E-state index in [0.29, 0.717) is 0 Å². The van der Waals surface area contributed by atoms with E-state index in [1.165, 1.54) is 103 Å². The van der Waals surface area contributed by atoms with Crippen molar-refractivity contribution in [1.29, 1.82) is 0 Å².